The minimum atomic E-state index is -0.665. The van der Waals surface area contributed by atoms with E-state index in [2.05, 4.69) is 15.5 Å². The van der Waals surface area contributed by atoms with E-state index in [-0.39, 0.29) is 32.9 Å². The maximum absolute atomic E-state index is 12.4. The van der Waals surface area contributed by atoms with Crippen LogP contribution in [0.3, 0.4) is 0 Å². The number of aromatic nitrogens is 3. The van der Waals surface area contributed by atoms with E-state index in [1.165, 1.54) is 14.2 Å². The molecule has 0 aliphatic heterocycles. The van der Waals surface area contributed by atoms with E-state index < -0.39 is 17.8 Å². The van der Waals surface area contributed by atoms with Crippen LogP contribution in [-0.2, 0) is 14.3 Å². The third kappa shape index (κ3) is 3.97. The van der Waals surface area contributed by atoms with Crippen molar-refractivity contribution in [3.05, 3.63) is 26.5 Å². The van der Waals surface area contributed by atoms with Gasteiger partial charge >= 0.3 is 17.6 Å². The summed E-state index contributed by atoms with van der Waals surface area (Å²) in [6, 6.07) is 0.130. The van der Waals surface area contributed by atoms with Gasteiger partial charge in [-0.25, -0.2) is 19.5 Å². The van der Waals surface area contributed by atoms with E-state index in [4.69, 9.17) is 9.47 Å². The Hall–Kier alpha value is -2.60. The molecule has 1 aliphatic carbocycles. The first kappa shape index (κ1) is 20.1. The average molecular weight is 426 g/mol. The van der Waals surface area contributed by atoms with Crippen molar-refractivity contribution in [2.75, 3.05) is 25.3 Å². The number of nitrogens with zero attached hydrogens (tertiary/aromatic N) is 2. The SMILES string of the molecule is COC(=O)c1sc(NC(=O)CSc2n[nH]c(=O)n2C2CC2)c(C(=O)OC)c1C. The number of nitrogens with one attached hydrogen (secondary N) is 2. The summed E-state index contributed by atoms with van der Waals surface area (Å²) in [4.78, 5) is 48.4. The lowest BCUT2D eigenvalue weighted by Gasteiger charge is -2.06. The molecule has 1 saturated carbocycles. The highest BCUT2D eigenvalue weighted by atomic mass is 32.2. The summed E-state index contributed by atoms with van der Waals surface area (Å²) in [6.07, 6.45) is 1.82. The zero-order valence-corrected chi connectivity index (χ0v) is 17.0. The van der Waals surface area contributed by atoms with Gasteiger partial charge in [-0.05, 0) is 25.3 Å². The van der Waals surface area contributed by atoms with E-state index in [1.54, 1.807) is 11.5 Å². The third-order valence-electron chi connectivity index (χ3n) is 4.08. The second-order valence-electron chi connectivity index (χ2n) is 5.99. The van der Waals surface area contributed by atoms with Crippen molar-refractivity contribution in [2.24, 2.45) is 0 Å². The molecule has 2 aromatic heterocycles. The lowest BCUT2D eigenvalue weighted by molar-refractivity contribution is -0.113. The molecule has 12 heteroatoms. The van der Waals surface area contributed by atoms with Gasteiger partial charge in [-0.1, -0.05) is 11.8 Å². The van der Waals surface area contributed by atoms with Gasteiger partial charge in [-0.15, -0.1) is 16.4 Å². The van der Waals surface area contributed by atoms with Crippen LogP contribution in [0.15, 0.2) is 9.95 Å². The Bertz CT molecular complexity index is 988. The molecular formula is C16H18N4O6S2. The molecule has 0 saturated heterocycles. The highest BCUT2D eigenvalue weighted by Crippen LogP contribution is 2.36. The minimum absolute atomic E-state index is 0.0257. The Morgan fingerprint density at radius 3 is 2.57 bits per heavy atom. The summed E-state index contributed by atoms with van der Waals surface area (Å²) < 4.78 is 11.0. The van der Waals surface area contributed by atoms with E-state index in [0.29, 0.717) is 10.7 Å². The van der Waals surface area contributed by atoms with E-state index in [1.807, 2.05) is 0 Å². The molecule has 150 valence electrons. The van der Waals surface area contributed by atoms with Crippen molar-refractivity contribution in [3.8, 4) is 0 Å². The number of hydrogen-bond donors (Lipinski definition) is 2. The van der Waals surface area contributed by atoms with Gasteiger partial charge in [0.25, 0.3) is 0 Å². The molecule has 0 unspecified atom stereocenters. The van der Waals surface area contributed by atoms with E-state index in [0.717, 1.165) is 35.9 Å². The zero-order chi connectivity index (χ0) is 20.4. The summed E-state index contributed by atoms with van der Waals surface area (Å²) in [5.41, 5.74) is 0.192. The van der Waals surface area contributed by atoms with Gasteiger partial charge in [-0.3, -0.25) is 9.36 Å². The number of esters is 2. The van der Waals surface area contributed by atoms with Gasteiger partial charge in [0, 0.05) is 6.04 Å². The second-order valence-corrected chi connectivity index (χ2v) is 7.96. The van der Waals surface area contributed by atoms with Crippen LogP contribution in [0.25, 0.3) is 0 Å². The minimum Gasteiger partial charge on any atom is -0.465 e. The quantitative estimate of drug-likeness (QED) is 0.504. The fourth-order valence-electron chi connectivity index (χ4n) is 2.58. The van der Waals surface area contributed by atoms with Crippen molar-refractivity contribution < 1.29 is 23.9 Å². The van der Waals surface area contributed by atoms with Crippen molar-refractivity contribution >= 4 is 45.9 Å². The Labute approximate surface area is 167 Å². The molecule has 0 aromatic carbocycles. The summed E-state index contributed by atoms with van der Waals surface area (Å²) in [5.74, 6) is -1.71. The van der Waals surface area contributed by atoms with Crippen molar-refractivity contribution in [2.45, 2.75) is 31.0 Å². The maximum Gasteiger partial charge on any atom is 0.348 e. The van der Waals surface area contributed by atoms with Crippen molar-refractivity contribution in [3.63, 3.8) is 0 Å². The summed E-state index contributed by atoms with van der Waals surface area (Å²) >= 11 is 2.05. The Kier molecular flexibility index (Phi) is 5.89. The predicted octanol–water partition coefficient (Wildman–Crippen LogP) is 1.58. The molecule has 0 spiro atoms. The normalized spacial score (nSPS) is 13.2. The Morgan fingerprint density at radius 2 is 1.96 bits per heavy atom. The highest BCUT2D eigenvalue weighted by Gasteiger charge is 2.29. The first-order chi connectivity index (χ1) is 13.4. The number of ether oxygens (including phenoxy) is 2. The molecule has 1 amide bonds. The molecule has 2 N–H and O–H groups in total. The Morgan fingerprint density at radius 1 is 1.29 bits per heavy atom. The molecule has 2 aromatic rings. The van der Waals surface area contributed by atoms with Crippen LogP contribution < -0.4 is 11.0 Å². The third-order valence-corrected chi connectivity index (χ3v) is 6.22. The molecule has 3 rings (SSSR count). The summed E-state index contributed by atoms with van der Waals surface area (Å²) in [5, 5.41) is 9.61. The lowest BCUT2D eigenvalue weighted by Crippen LogP contribution is -2.18. The first-order valence-electron chi connectivity index (χ1n) is 8.26. The van der Waals surface area contributed by atoms with Gasteiger partial charge in [0.15, 0.2) is 5.16 Å². The summed E-state index contributed by atoms with van der Waals surface area (Å²) in [7, 11) is 2.45. The number of carbonyl (C=O) groups is 3. The van der Waals surface area contributed by atoms with E-state index in [9.17, 15) is 19.2 Å². The molecule has 1 aliphatic rings. The van der Waals surface area contributed by atoms with Crippen LogP contribution in [0, 0.1) is 6.92 Å². The molecule has 2 heterocycles. The second kappa shape index (κ2) is 8.19. The summed E-state index contributed by atoms with van der Waals surface area (Å²) in [6.45, 7) is 1.58. The molecule has 1 fully saturated rings. The van der Waals surface area contributed by atoms with Gasteiger partial charge in [0.1, 0.15) is 9.88 Å². The number of carbonyl (C=O) groups excluding carboxylic acids is 3. The number of rotatable bonds is 7. The van der Waals surface area contributed by atoms with E-state index >= 15 is 0 Å². The van der Waals surface area contributed by atoms with Crippen LogP contribution in [0.2, 0.25) is 0 Å². The number of thioether (sulfide) groups is 1. The topological polar surface area (TPSA) is 132 Å². The largest absolute Gasteiger partial charge is 0.465 e. The van der Waals surface area contributed by atoms with Crippen LogP contribution >= 0.6 is 23.1 Å². The van der Waals surface area contributed by atoms with Crippen molar-refractivity contribution in [1.82, 2.24) is 14.8 Å². The molecule has 0 radical (unpaired) electrons. The Balaban J connectivity index is 1.75. The molecule has 28 heavy (non-hydrogen) atoms. The monoisotopic (exact) mass is 426 g/mol. The zero-order valence-electron chi connectivity index (χ0n) is 15.4. The smallest absolute Gasteiger partial charge is 0.348 e. The number of amides is 1. The number of aromatic amines is 1. The van der Waals surface area contributed by atoms with Crippen LogP contribution in [-0.4, -0.2) is 52.6 Å². The van der Waals surface area contributed by atoms with Gasteiger partial charge in [0.05, 0.1) is 25.5 Å². The standard InChI is InChI=1S/C16H18N4O6S2/c1-7-10(13(22)25-2)12(28-11(7)14(23)26-3)17-9(21)6-27-16-19-18-15(24)20(16)8-4-5-8/h8H,4-6H2,1-3H3,(H,17,21)(H,18,24). The average Bonchev–Trinajstić information content (AvgIpc) is 3.37. The molecule has 0 atom stereocenters. The number of hydrogen-bond acceptors (Lipinski definition) is 9. The number of thiophene rings is 1. The number of H-pyrrole nitrogens is 1. The predicted molar refractivity (Wildman–Crippen MR) is 102 cm³/mol. The van der Waals surface area contributed by atoms with Crippen molar-refractivity contribution in [1.29, 1.82) is 0 Å². The number of methoxy groups -OCH3 is 2. The fourth-order valence-corrected chi connectivity index (χ4v) is 4.52. The van der Waals surface area contributed by atoms with Gasteiger partial charge < -0.3 is 14.8 Å². The lowest BCUT2D eigenvalue weighted by atomic mass is 10.1. The first-order valence-corrected chi connectivity index (χ1v) is 10.1. The highest BCUT2D eigenvalue weighted by molar-refractivity contribution is 7.99. The number of anilines is 1. The maximum atomic E-state index is 12.4. The van der Waals surface area contributed by atoms with Crippen LogP contribution in [0.5, 0.6) is 0 Å². The van der Waals surface area contributed by atoms with Crippen LogP contribution in [0.4, 0.5) is 5.00 Å². The van der Waals surface area contributed by atoms with Crippen LogP contribution in [0.1, 0.15) is 44.5 Å². The van der Waals surface area contributed by atoms with Gasteiger partial charge in [-0.2, -0.15) is 0 Å². The molecule has 10 nitrogen and oxygen atoms in total. The fraction of sp³-hybridized carbons (Fsp3) is 0.438. The molecular weight excluding hydrogens is 408 g/mol. The van der Waals surface area contributed by atoms with Gasteiger partial charge in [0.2, 0.25) is 5.91 Å². The molecule has 0 bridgehead atoms.